The molecule has 1 aromatic rings. The number of nitrogens with zero attached hydrogens (tertiary/aromatic N) is 1. The Hall–Kier alpha value is 0.439. The zero-order valence-electron chi connectivity index (χ0n) is 3.19. The van der Waals surface area contributed by atoms with Crippen molar-refractivity contribution in [1.82, 2.24) is 4.37 Å². The molecule has 0 aliphatic carbocycles. The van der Waals surface area contributed by atoms with Gasteiger partial charge in [-0.3, -0.25) is 0 Å². The third-order valence-electron chi connectivity index (χ3n) is 0.406. The van der Waals surface area contributed by atoms with Crippen LogP contribution in [-0.2, 0) is 17.1 Å². The van der Waals surface area contributed by atoms with Crippen molar-refractivity contribution in [1.29, 1.82) is 0 Å². The van der Waals surface area contributed by atoms with E-state index in [2.05, 4.69) is 4.37 Å². The molecule has 0 bridgehead atoms. The van der Waals surface area contributed by atoms with Gasteiger partial charge < -0.3 is 0 Å². The summed E-state index contributed by atoms with van der Waals surface area (Å²) in [5, 5.41) is 2.42. The van der Waals surface area contributed by atoms with Crippen molar-refractivity contribution in [2.24, 2.45) is 0 Å². The van der Waals surface area contributed by atoms with Gasteiger partial charge in [0, 0.05) is 22.4 Å². The van der Waals surface area contributed by atoms with Crippen molar-refractivity contribution in [3.05, 3.63) is 16.6 Å². The van der Waals surface area contributed by atoms with E-state index in [1.54, 1.807) is 6.07 Å². The first-order valence-electron chi connectivity index (χ1n) is 1.45. The summed E-state index contributed by atoms with van der Waals surface area (Å²) >= 11 is 6.71. The normalized spacial score (nSPS) is 7.57. The predicted octanol–water partition coefficient (Wildman–Crippen LogP) is 1.79. The van der Waals surface area contributed by atoms with Gasteiger partial charge in [0.25, 0.3) is 0 Å². The molecule has 0 aliphatic rings. The average molecular weight is 183 g/mol. The maximum atomic E-state index is 5.35. The van der Waals surface area contributed by atoms with Crippen LogP contribution in [0.25, 0.3) is 0 Å². The third kappa shape index (κ3) is 2.29. The predicted molar refractivity (Wildman–Crippen MR) is 27.1 cm³/mol. The van der Waals surface area contributed by atoms with Crippen LogP contribution in [-0.4, -0.2) is 4.37 Å². The van der Waals surface area contributed by atoms with Crippen molar-refractivity contribution in [3.8, 4) is 0 Å². The maximum absolute atomic E-state index is 5.35. The molecule has 0 amide bonds. The second kappa shape index (κ2) is 3.44. The first kappa shape index (κ1) is 7.44. The maximum Gasteiger partial charge on any atom is 0.142 e. The fourth-order valence-corrected chi connectivity index (χ4v) is 0.867. The van der Waals surface area contributed by atoms with Gasteiger partial charge >= 0.3 is 0 Å². The van der Waals surface area contributed by atoms with Gasteiger partial charge in [0.15, 0.2) is 0 Å². The molecule has 0 spiro atoms. The molecule has 7 heavy (non-hydrogen) atoms. The summed E-state index contributed by atoms with van der Waals surface area (Å²) in [4.78, 5) is 0. The first-order valence-corrected chi connectivity index (χ1v) is 2.67. The Morgan fingerprint density at radius 2 is 2.43 bits per heavy atom. The molecule has 4 heteroatoms. The molecule has 0 aliphatic heterocycles. The van der Waals surface area contributed by atoms with Gasteiger partial charge in [-0.15, -0.1) is 0 Å². The zero-order valence-corrected chi connectivity index (χ0v) is 5.70. The van der Waals surface area contributed by atoms with Crippen LogP contribution in [0, 0.1) is 0 Å². The summed E-state index contributed by atoms with van der Waals surface area (Å²) in [5.74, 6) is 0. The Bertz CT molecular complexity index is 118. The van der Waals surface area contributed by atoms with Gasteiger partial charge in [-0.1, -0.05) is 11.6 Å². The fraction of sp³-hybridized carbons (Fsp3) is 0. The van der Waals surface area contributed by atoms with Gasteiger partial charge in [0.05, 0.1) is 0 Å². The molecule has 0 atom stereocenters. The van der Waals surface area contributed by atoms with Crippen LogP contribution in [0.5, 0.6) is 0 Å². The average Bonchev–Trinajstić information content (AvgIpc) is 1.86. The molecular formula is C3H2ClCuNS. The van der Waals surface area contributed by atoms with E-state index >= 15 is 0 Å². The van der Waals surface area contributed by atoms with E-state index in [1.165, 1.54) is 11.5 Å². The monoisotopic (exact) mass is 182 g/mol. The van der Waals surface area contributed by atoms with Crippen LogP contribution in [0.15, 0.2) is 11.4 Å². The molecule has 1 radical (unpaired) electrons. The van der Waals surface area contributed by atoms with Gasteiger partial charge in [-0.25, -0.2) is 0 Å². The molecule has 1 nitrogen and oxygen atoms in total. The molecule has 1 rings (SSSR count). The van der Waals surface area contributed by atoms with Gasteiger partial charge in [0.1, 0.15) is 5.15 Å². The first-order chi connectivity index (χ1) is 2.89. The minimum atomic E-state index is 0. The largest absolute Gasteiger partial charge is 0.181 e. The third-order valence-corrected chi connectivity index (χ3v) is 1.28. The summed E-state index contributed by atoms with van der Waals surface area (Å²) in [6, 6.07) is 1.76. The van der Waals surface area contributed by atoms with Crippen LogP contribution in [0.4, 0.5) is 0 Å². The Morgan fingerprint density at radius 1 is 1.71 bits per heavy atom. The SMILES string of the molecule is Clc1ccsn1.[Cu]. The Balaban J connectivity index is 0.000000360. The fourth-order valence-electron chi connectivity index (χ4n) is 0.198. The number of hydrogen-bond acceptors (Lipinski definition) is 2. The van der Waals surface area contributed by atoms with E-state index in [4.69, 9.17) is 11.6 Å². The van der Waals surface area contributed by atoms with Crippen molar-refractivity contribution < 1.29 is 17.1 Å². The second-order valence-electron chi connectivity index (χ2n) is 0.822. The van der Waals surface area contributed by atoms with Crippen LogP contribution in [0.1, 0.15) is 0 Å². The number of halogens is 1. The molecule has 0 aromatic carbocycles. The van der Waals surface area contributed by atoms with E-state index in [-0.39, 0.29) is 17.1 Å². The second-order valence-corrected chi connectivity index (χ2v) is 1.87. The zero-order chi connectivity index (χ0) is 4.41. The van der Waals surface area contributed by atoms with Crippen LogP contribution < -0.4 is 0 Å². The van der Waals surface area contributed by atoms with Crippen LogP contribution >= 0.6 is 23.1 Å². The molecular weight excluding hydrogens is 181 g/mol. The van der Waals surface area contributed by atoms with Crippen LogP contribution in [0.2, 0.25) is 5.15 Å². The molecule has 0 saturated carbocycles. The summed E-state index contributed by atoms with van der Waals surface area (Å²) in [7, 11) is 0. The molecule has 0 unspecified atom stereocenters. The number of aromatic nitrogens is 1. The number of rotatable bonds is 0. The Labute approximate surface area is 61.3 Å². The van der Waals surface area contributed by atoms with Gasteiger partial charge in [-0.05, 0) is 17.6 Å². The smallest absolute Gasteiger partial charge is 0.142 e. The number of hydrogen-bond donors (Lipinski definition) is 0. The Kier molecular flexibility index (Phi) is 3.66. The molecule has 1 aromatic heterocycles. The van der Waals surface area contributed by atoms with Gasteiger partial charge in [-0.2, -0.15) is 4.37 Å². The summed E-state index contributed by atoms with van der Waals surface area (Å²) in [5.41, 5.74) is 0. The molecule has 0 N–H and O–H groups in total. The quantitative estimate of drug-likeness (QED) is 0.559. The summed E-state index contributed by atoms with van der Waals surface area (Å²) in [6.07, 6.45) is 0. The van der Waals surface area contributed by atoms with Crippen LogP contribution in [0.3, 0.4) is 0 Å². The standard InChI is InChI=1S/C3H2ClNS.Cu/c4-3-1-2-6-5-3;/h1-2H;. The van der Waals surface area contributed by atoms with Crippen molar-refractivity contribution >= 4 is 23.1 Å². The minimum absolute atomic E-state index is 0. The van der Waals surface area contributed by atoms with Crippen molar-refractivity contribution in [2.75, 3.05) is 0 Å². The summed E-state index contributed by atoms with van der Waals surface area (Å²) < 4.78 is 3.72. The molecule has 1 heterocycles. The van der Waals surface area contributed by atoms with E-state index in [9.17, 15) is 0 Å². The topological polar surface area (TPSA) is 12.9 Å². The Morgan fingerprint density at radius 3 is 2.57 bits per heavy atom. The summed E-state index contributed by atoms with van der Waals surface area (Å²) in [6.45, 7) is 0. The molecule has 43 valence electrons. The van der Waals surface area contributed by atoms with E-state index in [0.29, 0.717) is 5.15 Å². The molecule has 0 fully saturated rings. The van der Waals surface area contributed by atoms with Crippen molar-refractivity contribution in [2.45, 2.75) is 0 Å². The molecule has 0 saturated heterocycles. The minimum Gasteiger partial charge on any atom is -0.181 e. The van der Waals surface area contributed by atoms with E-state index < -0.39 is 0 Å². The van der Waals surface area contributed by atoms with E-state index in [0.717, 1.165) is 0 Å². The van der Waals surface area contributed by atoms with E-state index in [1.807, 2.05) is 5.38 Å². The van der Waals surface area contributed by atoms with Gasteiger partial charge in [0.2, 0.25) is 0 Å². The van der Waals surface area contributed by atoms with Crippen molar-refractivity contribution in [3.63, 3.8) is 0 Å².